The van der Waals surface area contributed by atoms with Crippen LogP contribution in [0.4, 0.5) is 8.78 Å². The van der Waals surface area contributed by atoms with E-state index in [9.17, 15) is 13.6 Å². The lowest BCUT2D eigenvalue weighted by Crippen LogP contribution is -2.25. The van der Waals surface area contributed by atoms with Crippen molar-refractivity contribution >= 4 is 16.8 Å². The highest BCUT2D eigenvalue weighted by Gasteiger charge is 2.09. The Hall–Kier alpha value is -2.69. The van der Waals surface area contributed by atoms with Crippen molar-refractivity contribution < 1.29 is 13.6 Å². The van der Waals surface area contributed by atoms with E-state index in [1.165, 1.54) is 22.7 Å². The van der Waals surface area contributed by atoms with Crippen LogP contribution in [0.5, 0.6) is 0 Å². The first kappa shape index (κ1) is 16.2. The molecule has 2 aromatic carbocycles. The lowest BCUT2D eigenvalue weighted by molar-refractivity contribution is 0.0952. The van der Waals surface area contributed by atoms with Gasteiger partial charge in [0.2, 0.25) is 0 Å². The van der Waals surface area contributed by atoms with Crippen molar-refractivity contribution in [3.63, 3.8) is 0 Å². The molecular weight excluding hydrogens is 310 g/mol. The Morgan fingerprint density at radius 3 is 2.67 bits per heavy atom. The van der Waals surface area contributed by atoms with E-state index in [4.69, 9.17) is 0 Å². The Morgan fingerprint density at radius 1 is 1.08 bits per heavy atom. The molecule has 1 N–H and O–H groups in total. The third-order valence-corrected chi connectivity index (χ3v) is 4.04. The zero-order valence-electron chi connectivity index (χ0n) is 13.4. The monoisotopic (exact) mass is 328 g/mol. The van der Waals surface area contributed by atoms with Gasteiger partial charge in [-0.05, 0) is 49.1 Å². The average molecular weight is 328 g/mol. The van der Waals surface area contributed by atoms with Crippen molar-refractivity contribution in [2.24, 2.45) is 0 Å². The molecule has 0 bridgehead atoms. The molecule has 0 saturated heterocycles. The molecule has 0 spiro atoms. The van der Waals surface area contributed by atoms with Gasteiger partial charge in [-0.15, -0.1) is 0 Å². The minimum atomic E-state index is -1.02. The number of benzene rings is 2. The Kier molecular flexibility index (Phi) is 4.60. The van der Waals surface area contributed by atoms with Gasteiger partial charge in [-0.1, -0.05) is 18.2 Å². The van der Waals surface area contributed by atoms with Crippen LogP contribution < -0.4 is 5.32 Å². The first-order valence-corrected chi connectivity index (χ1v) is 7.84. The first-order chi connectivity index (χ1) is 11.6. The summed E-state index contributed by atoms with van der Waals surface area (Å²) in [5, 5.41) is 3.93. The van der Waals surface area contributed by atoms with Gasteiger partial charge in [0.15, 0.2) is 11.6 Å². The zero-order valence-corrected chi connectivity index (χ0v) is 13.4. The molecule has 0 fully saturated rings. The van der Waals surface area contributed by atoms with E-state index < -0.39 is 17.5 Å². The van der Waals surface area contributed by atoms with E-state index in [-0.39, 0.29) is 5.56 Å². The Morgan fingerprint density at radius 2 is 1.88 bits per heavy atom. The molecule has 0 aliphatic heterocycles. The average Bonchev–Trinajstić information content (AvgIpc) is 2.89. The number of carbonyl (C=O) groups is 1. The SMILES string of the molecule is Cc1cc2ccccc2n1CCCNC(=O)c1ccc(F)c(F)c1. The second kappa shape index (κ2) is 6.83. The van der Waals surface area contributed by atoms with Crippen molar-refractivity contribution in [1.29, 1.82) is 0 Å². The van der Waals surface area contributed by atoms with Crippen LogP contribution >= 0.6 is 0 Å². The Balaban J connectivity index is 1.57. The number of hydrogen-bond donors (Lipinski definition) is 1. The number of amides is 1. The van der Waals surface area contributed by atoms with Crippen molar-refractivity contribution in [2.75, 3.05) is 6.54 Å². The topological polar surface area (TPSA) is 34.0 Å². The number of hydrogen-bond acceptors (Lipinski definition) is 1. The molecule has 3 aromatic rings. The molecule has 0 unspecified atom stereocenters. The molecule has 0 atom stereocenters. The molecule has 0 radical (unpaired) electrons. The number of aryl methyl sites for hydroxylation is 2. The number of halogens is 2. The summed E-state index contributed by atoms with van der Waals surface area (Å²) in [6.07, 6.45) is 0.745. The summed E-state index contributed by atoms with van der Waals surface area (Å²) in [7, 11) is 0. The summed E-state index contributed by atoms with van der Waals surface area (Å²) in [5.74, 6) is -2.37. The molecular formula is C19H18F2N2O. The molecule has 5 heteroatoms. The fraction of sp³-hybridized carbons (Fsp3) is 0.211. The molecule has 0 saturated carbocycles. The van der Waals surface area contributed by atoms with Gasteiger partial charge < -0.3 is 9.88 Å². The lowest BCUT2D eigenvalue weighted by atomic mass is 10.2. The molecule has 124 valence electrons. The Bertz CT molecular complexity index is 886. The van der Waals surface area contributed by atoms with Gasteiger partial charge in [0.1, 0.15) is 0 Å². The minimum absolute atomic E-state index is 0.122. The summed E-state index contributed by atoms with van der Waals surface area (Å²) in [4.78, 5) is 11.9. The summed E-state index contributed by atoms with van der Waals surface area (Å²) in [6.45, 7) is 3.29. The highest BCUT2D eigenvalue weighted by molar-refractivity contribution is 5.94. The summed E-state index contributed by atoms with van der Waals surface area (Å²) < 4.78 is 28.2. The fourth-order valence-corrected chi connectivity index (χ4v) is 2.82. The van der Waals surface area contributed by atoms with Crippen LogP contribution in [0.15, 0.2) is 48.5 Å². The Labute approximate surface area is 138 Å². The van der Waals surface area contributed by atoms with E-state index in [1.54, 1.807) is 0 Å². The number of rotatable bonds is 5. The van der Waals surface area contributed by atoms with E-state index in [1.807, 2.05) is 12.1 Å². The van der Waals surface area contributed by atoms with Crippen LogP contribution in [0.2, 0.25) is 0 Å². The van der Waals surface area contributed by atoms with Gasteiger partial charge >= 0.3 is 0 Å². The summed E-state index contributed by atoms with van der Waals surface area (Å²) in [6, 6.07) is 13.4. The van der Waals surface area contributed by atoms with Crippen LogP contribution in [0.1, 0.15) is 22.5 Å². The number of fused-ring (bicyclic) bond motifs is 1. The van der Waals surface area contributed by atoms with E-state index >= 15 is 0 Å². The highest BCUT2D eigenvalue weighted by Crippen LogP contribution is 2.19. The van der Waals surface area contributed by atoms with Gasteiger partial charge in [-0.2, -0.15) is 0 Å². The minimum Gasteiger partial charge on any atom is -0.352 e. The number of nitrogens with one attached hydrogen (secondary N) is 1. The second-order valence-corrected chi connectivity index (χ2v) is 5.73. The third kappa shape index (κ3) is 3.30. The largest absolute Gasteiger partial charge is 0.352 e. The van der Waals surface area contributed by atoms with Crippen LogP contribution in [0.25, 0.3) is 10.9 Å². The van der Waals surface area contributed by atoms with Gasteiger partial charge in [0.25, 0.3) is 5.91 Å². The number of aromatic nitrogens is 1. The molecule has 3 nitrogen and oxygen atoms in total. The van der Waals surface area contributed by atoms with Gasteiger partial charge in [0.05, 0.1) is 0 Å². The van der Waals surface area contributed by atoms with Crippen molar-refractivity contribution in [2.45, 2.75) is 19.9 Å². The van der Waals surface area contributed by atoms with Crippen molar-refractivity contribution in [3.8, 4) is 0 Å². The lowest BCUT2D eigenvalue weighted by Gasteiger charge is -2.09. The normalized spacial score (nSPS) is 11.0. The highest BCUT2D eigenvalue weighted by atomic mass is 19.2. The molecule has 3 rings (SSSR count). The second-order valence-electron chi connectivity index (χ2n) is 5.73. The fourth-order valence-electron chi connectivity index (χ4n) is 2.82. The predicted molar refractivity (Wildman–Crippen MR) is 90.0 cm³/mol. The quantitative estimate of drug-likeness (QED) is 0.705. The maximum absolute atomic E-state index is 13.1. The molecule has 1 amide bonds. The number of carbonyl (C=O) groups excluding carboxylic acids is 1. The summed E-state index contributed by atoms with van der Waals surface area (Å²) in [5.41, 5.74) is 2.46. The van der Waals surface area contributed by atoms with Crippen LogP contribution in [0.3, 0.4) is 0 Å². The predicted octanol–water partition coefficient (Wildman–Crippen LogP) is 4.05. The molecule has 1 heterocycles. The van der Waals surface area contributed by atoms with E-state index in [2.05, 4.69) is 35.0 Å². The van der Waals surface area contributed by atoms with Gasteiger partial charge in [-0.3, -0.25) is 4.79 Å². The number of nitrogens with zero attached hydrogens (tertiary/aromatic N) is 1. The van der Waals surface area contributed by atoms with E-state index in [0.717, 1.165) is 25.1 Å². The molecule has 0 aliphatic carbocycles. The van der Waals surface area contributed by atoms with Crippen LogP contribution in [-0.2, 0) is 6.54 Å². The van der Waals surface area contributed by atoms with E-state index in [0.29, 0.717) is 6.54 Å². The molecule has 1 aromatic heterocycles. The standard InChI is InChI=1S/C19H18F2N2O/c1-13-11-14-5-2-3-6-18(14)23(13)10-4-9-22-19(24)15-7-8-16(20)17(21)12-15/h2-3,5-8,11-12H,4,9-10H2,1H3,(H,22,24). The van der Waals surface area contributed by atoms with Gasteiger partial charge in [-0.25, -0.2) is 8.78 Å². The third-order valence-electron chi connectivity index (χ3n) is 4.04. The molecule has 24 heavy (non-hydrogen) atoms. The zero-order chi connectivity index (χ0) is 17.1. The number of para-hydroxylation sites is 1. The van der Waals surface area contributed by atoms with Crippen LogP contribution in [-0.4, -0.2) is 17.0 Å². The van der Waals surface area contributed by atoms with Crippen molar-refractivity contribution in [3.05, 3.63) is 71.4 Å². The first-order valence-electron chi connectivity index (χ1n) is 7.84. The van der Waals surface area contributed by atoms with Crippen molar-refractivity contribution in [1.82, 2.24) is 9.88 Å². The van der Waals surface area contributed by atoms with Crippen LogP contribution in [0, 0.1) is 18.6 Å². The maximum atomic E-state index is 13.1. The maximum Gasteiger partial charge on any atom is 0.251 e. The van der Waals surface area contributed by atoms with Gasteiger partial charge in [0, 0.05) is 29.9 Å². The molecule has 0 aliphatic rings. The summed E-state index contributed by atoms with van der Waals surface area (Å²) >= 11 is 0. The smallest absolute Gasteiger partial charge is 0.251 e.